The second kappa shape index (κ2) is 20.9. The number of rotatable bonds is 16. The maximum absolute atomic E-state index is 10.5. The van der Waals surface area contributed by atoms with Crippen LogP contribution in [0.15, 0.2) is 142 Å². The number of hydrogen-bond donors (Lipinski definition) is 2. The van der Waals surface area contributed by atoms with Crippen molar-refractivity contribution in [3.63, 3.8) is 0 Å². The monoisotopic (exact) mass is 639 g/mol. The first-order valence-electron chi connectivity index (χ1n) is 17.4. The van der Waals surface area contributed by atoms with E-state index in [1.54, 1.807) is 0 Å². The van der Waals surface area contributed by atoms with Crippen LogP contribution in [0.1, 0.15) is 109 Å². The van der Waals surface area contributed by atoms with Crippen molar-refractivity contribution in [3.05, 3.63) is 142 Å². The van der Waals surface area contributed by atoms with E-state index in [0.29, 0.717) is 5.92 Å². The van der Waals surface area contributed by atoms with Gasteiger partial charge in [0, 0.05) is 5.92 Å². The summed E-state index contributed by atoms with van der Waals surface area (Å²) in [6.45, 7) is 25.4. The molecule has 0 aromatic carbocycles. The lowest BCUT2D eigenvalue weighted by atomic mass is 9.71. The van der Waals surface area contributed by atoms with E-state index in [9.17, 15) is 10.2 Å². The van der Waals surface area contributed by atoms with Gasteiger partial charge in [0.2, 0.25) is 0 Å². The minimum atomic E-state index is -0.713. The van der Waals surface area contributed by atoms with E-state index < -0.39 is 5.60 Å². The lowest BCUT2D eigenvalue weighted by Gasteiger charge is -2.35. The molecule has 1 aliphatic carbocycles. The molecule has 1 aliphatic rings. The summed E-state index contributed by atoms with van der Waals surface area (Å²) in [5.41, 5.74) is 7.84. The Morgan fingerprint density at radius 2 is 1.15 bits per heavy atom. The van der Waals surface area contributed by atoms with E-state index in [2.05, 4.69) is 173 Å². The third kappa shape index (κ3) is 18.7. The first-order chi connectivity index (χ1) is 21.9. The molecule has 2 unspecified atom stereocenters. The molecule has 0 saturated heterocycles. The van der Waals surface area contributed by atoms with Gasteiger partial charge in [-0.25, -0.2) is 0 Å². The van der Waals surface area contributed by atoms with E-state index in [4.69, 9.17) is 0 Å². The summed E-state index contributed by atoms with van der Waals surface area (Å²) in [4.78, 5) is 0. The molecule has 1 rings (SSSR count). The molecule has 0 spiro atoms. The third-order valence-electron chi connectivity index (χ3n) is 8.53. The summed E-state index contributed by atoms with van der Waals surface area (Å²) in [7, 11) is 0. The highest BCUT2D eigenvalue weighted by molar-refractivity contribution is 5.38. The minimum absolute atomic E-state index is 0.00221. The smallest absolute Gasteiger partial charge is 0.0654 e. The average Bonchev–Trinajstić information content (AvgIpc) is 2.93. The van der Waals surface area contributed by atoms with Crippen molar-refractivity contribution in [1.82, 2.24) is 0 Å². The lowest BCUT2D eigenvalue weighted by molar-refractivity contribution is 0.0317. The van der Waals surface area contributed by atoms with Crippen LogP contribution in [0.3, 0.4) is 0 Å². The molecule has 0 radical (unpaired) electrons. The number of hydrogen-bond acceptors (Lipinski definition) is 2. The Morgan fingerprint density at radius 1 is 0.723 bits per heavy atom. The Labute approximate surface area is 289 Å². The van der Waals surface area contributed by atoms with Gasteiger partial charge in [-0.1, -0.05) is 171 Å². The fourth-order valence-corrected chi connectivity index (χ4v) is 5.61. The summed E-state index contributed by atoms with van der Waals surface area (Å²) in [6.07, 6.45) is 39.5. The average molecular weight is 639 g/mol. The topological polar surface area (TPSA) is 40.5 Å². The van der Waals surface area contributed by atoms with Gasteiger partial charge in [-0.3, -0.25) is 0 Å². The Bertz CT molecular complexity index is 1360. The molecule has 2 N–H and O–H groups in total. The van der Waals surface area contributed by atoms with Gasteiger partial charge in [0.05, 0.1) is 11.7 Å². The van der Waals surface area contributed by atoms with Crippen molar-refractivity contribution in [1.29, 1.82) is 0 Å². The summed E-state index contributed by atoms with van der Waals surface area (Å²) < 4.78 is 0. The van der Waals surface area contributed by atoms with Crippen molar-refractivity contribution < 1.29 is 10.2 Å². The fourth-order valence-electron chi connectivity index (χ4n) is 5.61. The van der Waals surface area contributed by atoms with Crippen LogP contribution in [0.25, 0.3) is 0 Å². The Morgan fingerprint density at radius 3 is 1.57 bits per heavy atom. The van der Waals surface area contributed by atoms with Gasteiger partial charge >= 0.3 is 0 Å². The molecule has 0 fully saturated rings. The van der Waals surface area contributed by atoms with Crippen molar-refractivity contribution in [2.45, 2.75) is 120 Å². The Balaban J connectivity index is 2.66. The molecule has 47 heavy (non-hydrogen) atoms. The zero-order valence-electron chi connectivity index (χ0n) is 31.8. The molecule has 0 aromatic rings. The third-order valence-corrected chi connectivity index (χ3v) is 8.53. The molecule has 0 heterocycles. The van der Waals surface area contributed by atoms with E-state index in [1.807, 2.05) is 13.8 Å². The summed E-state index contributed by atoms with van der Waals surface area (Å²) in [5, 5.41) is 20.7. The first kappa shape index (κ1) is 41.8. The molecule has 2 atom stereocenters. The number of aliphatic hydroxyl groups excluding tert-OH is 1. The van der Waals surface area contributed by atoms with Gasteiger partial charge in [-0.2, -0.15) is 0 Å². The van der Waals surface area contributed by atoms with Crippen LogP contribution in [0.2, 0.25) is 0 Å². The van der Waals surface area contributed by atoms with Crippen LogP contribution in [-0.2, 0) is 0 Å². The van der Waals surface area contributed by atoms with Crippen molar-refractivity contribution >= 4 is 0 Å². The van der Waals surface area contributed by atoms with Crippen LogP contribution in [-0.4, -0.2) is 21.9 Å². The van der Waals surface area contributed by atoms with E-state index >= 15 is 0 Å². The Kier molecular flexibility index (Phi) is 18.6. The second-order valence-electron chi connectivity index (χ2n) is 15.1. The summed E-state index contributed by atoms with van der Waals surface area (Å²) in [6, 6.07) is 0. The van der Waals surface area contributed by atoms with Gasteiger partial charge in [0.25, 0.3) is 0 Å². The zero-order chi connectivity index (χ0) is 35.6. The SMILES string of the molecule is CC(C=CC=C(C)C=CC=C(C)C=CC(CCC(C)C)C(C)(C)O)=CC=CC=C(C)C=CC=C(C)C=CC1=C(C)CC(O)CC1(C)C. The first-order valence-corrected chi connectivity index (χ1v) is 17.4. The van der Waals surface area contributed by atoms with Crippen LogP contribution in [0, 0.1) is 17.3 Å². The predicted octanol–water partition coefficient (Wildman–Crippen LogP) is 12.4. The largest absolute Gasteiger partial charge is 0.393 e. The lowest BCUT2D eigenvalue weighted by Crippen LogP contribution is -2.29. The maximum Gasteiger partial charge on any atom is 0.0654 e. The summed E-state index contributed by atoms with van der Waals surface area (Å²) in [5.74, 6) is 0.788. The van der Waals surface area contributed by atoms with E-state index in [0.717, 1.165) is 25.7 Å². The van der Waals surface area contributed by atoms with Gasteiger partial charge in [0.1, 0.15) is 0 Å². The van der Waals surface area contributed by atoms with E-state index in [-0.39, 0.29) is 17.4 Å². The van der Waals surface area contributed by atoms with Crippen LogP contribution in [0.4, 0.5) is 0 Å². The molecule has 258 valence electrons. The summed E-state index contributed by atoms with van der Waals surface area (Å²) >= 11 is 0. The molecule has 0 bridgehead atoms. The maximum atomic E-state index is 10.5. The molecule has 0 aromatic heterocycles. The van der Waals surface area contributed by atoms with Crippen LogP contribution < -0.4 is 0 Å². The normalized spacial score (nSPS) is 20.7. The molecule has 0 aliphatic heterocycles. The molecular weight excluding hydrogens is 572 g/mol. The van der Waals surface area contributed by atoms with Gasteiger partial charge < -0.3 is 10.2 Å². The molecule has 2 heteroatoms. The van der Waals surface area contributed by atoms with Crippen molar-refractivity contribution in [2.75, 3.05) is 0 Å². The highest BCUT2D eigenvalue weighted by atomic mass is 16.3. The fraction of sp³-hybridized carbons (Fsp3) is 0.467. The van der Waals surface area contributed by atoms with Crippen LogP contribution in [0.5, 0.6) is 0 Å². The zero-order valence-corrected chi connectivity index (χ0v) is 31.8. The van der Waals surface area contributed by atoms with Gasteiger partial charge in [-0.15, -0.1) is 0 Å². The van der Waals surface area contributed by atoms with Crippen molar-refractivity contribution in [2.24, 2.45) is 17.3 Å². The highest BCUT2D eigenvalue weighted by Crippen LogP contribution is 2.41. The van der Waals surface area contributed by atoms with Gasteiger partial charge in [0.15, 0.2) is 0 Å². The number of allylic oxidation sites excluding steroid dienone is 22. The molecule has 2 nitrogen and oxygen atoms in total. The standard InChI is InChI=1S/C45H66O2/c1-34(2)26-29-41(45(11,12)47)30-27-38(6)24-17-23-37(5)22-15-20-35(3)18-13-14-19-36(4)21-16-25-39(7)28-31-43-40(8)32-42(46)33-44(43,9)10/h13-25,27-28,30-31,34,41-42,46-47H,26,29,32-33H2,1-12H3. The molecule has 0 amide bonds. The van der Waals surface area contributed by atoms with E-state index in [1.165, 1.54) is 39.0 Å². The number of aliphatic hydroxyl groups is 2. The second-order valence-corrected chi connectivity index (χ2v) is 15.1. The van der Waals surface area contributed by atoms with Crippen LogP contribution >= 0.6 is 0 Å². The predicted molar refractivity (Wildman–Crippen MR) is 209 cm³/mol. The van der Waals surface area contributed by atoms with Crippen molar-refractivity contribution in [3.8, 4) is 0 Å². The Hall–Kier alpha value is -3.20. The minimum Gasteiger partial charge on any atom is -0.393 e. The highest BCUT2D eigenvalue weighted by Gasteiger charge is 2.31. The molecule has 0 saturated carbocycles. The van der Waals surface area contributed by atoms with Gasteiger partial charge in [-0.05, 0) is 91.6 Å². The molecular formula is C45H66O2. The quantitative estimate of drug-likeness (QED) is 0.165.